The zero-order chi connectivity index (χ0) is 23.7. The Morgan fingerprint density at radius 2 is 2.09 bits per heavy atom. The van der Waals surface area contributed by atoms with Crippen LogP contribution in [0.15, 0.2) is 53.8 Å². The van der Waals surface area contributed by atoms with Crippen molar-refractivity contribution in [3.63, 3.8) is 0 Å². The Morgan fingerprint density at radius 1 is 1.26 bits per heavy atom. The van der Waals surface area contributed by atoms with E-state index in [1.807, 2.05) is 46.9 Å². The molecule has 8 nitrogen and oxygen atoms in total. The number of nitrogens with zero attached hydrogens (tertiary/aromatic N) is 4. The molecule has 2 aromatic heterocycles. The second-order valence-corrected chi connectivity index (χ2v) is 9.77. The van der Waals surface area contributed by atoms with Gasteiger partial charge in [0.25, 0.3) is 0 Å². The van der Waals surface area contributed by atoms with E-state index in [1.165, 1.54) is 22.7 Å². The Labute approximate surface area is 212 Å². The monoisotopic (exact) mass is 591 g/mol. The number of ether oxygens (including phenoxy) is 2. The summed E-state index contributed by atoms with van der Waals surface area (Å²) in [6.07, 6.45) is 1.28. The molecule has 1 amide bonds. The first kappa shape index (κ1) is 22.8. The fraction of sp³-hybridized carbons (Fsp3) is 0.217. The van der Waals surface area contributed by atoms with Crippen LogP contribution in [0, 0.1) is 9.39 Å². The third kappa shape index (κ3) is 4.80. The molecule has 0 spiro atoms. The molecule has 1 N–H and O–H groups in total. The molecule has 174 valence electrons. The molecule has 1 fully saturated rings. The number of aromatic amines is 1. The normalized spacial score (nSPS) is 15.7. The zero-order valence-electron chi connectivity index (χ0n) is 18.0. The number of aromatic nitrogens is 4. The smallest absolute Gasteiger partial charge is 0.414 e. The first-order valence-corrected chi connectivity index (χ1v) is 12.5. The van der Waals surface area contributed by atoms with Gasteiger partial charge < -0.3 is 14.5 Å². The first-order chi connectivity index (χ1) is 16.5. The highest BCUT2D eigenvalue weighted by molar-refractivity contribution is 14.1. The van der Waals surface area contributed by atoms with Crippen LogP contribution in [0.2, 0.25) is 0 Å². The number of fused-ring (bicyclic) bond motifs is 1. The summed E-state index contributed by atoms with van der Waals surface area (Å²) in [5.41, 5.74) is 2.86. The van der Waals surface area contributed by atoms with E-state index >= 15 is 0 Å². The summed E-state index contributed by atoms with van der Waals surface area (Å²) in [7, 11) is 1.63. The molecular weight excluding hydrogens is 572 g/mol. The minimum absolute atomic E-state index is 0.335. The Balaban J connectivity index is 1.30. The van der Waals surface area contributed by atoms with Crippen molar-refractivity contribution < 1.29 is 18.7 Å². The molecule has 5 rings (SSSR count). The Kier molecular flexibility index (Phi) is 6.55. The lowest BCUT2D eigenvalue weighted by Crippen LogP contribution is -2.25. The average molecular weight is 591 g/mol. The molecule has 3 heterocycles. The van der Waals surface area contributed by atoms with Gasteiger partial charge in [0.15, 0.2) is 5.65 Å². The Morgan fingerprint density at radius 3 is 2.85 bits per heavy atom. The number of hydrogen-bond donors (Lipinski definition) is 1. The van der Waals surface area contributed by atoms with E-state index in [2.05, 4.69) is 15.0 Å². The van der Waals surface area contributed by atoms with E-state index in [0.29, 0.717) is 39.4 Å². The summed E-state index contributed by atoms with van der Waals surface area (Å²) in [6, 6.07) is 12.5. The minimum Gasteiger partial charge on any atom is -0.497 e. The number of carbonyl (C=O) groups excluding carboxylic acids is 1. The van der Waals surface area contributed by atoms with E-state index < -0.39 is 6.09 Å². The number of carbonyl (C=O) groups is 1. The Bertz CT molecular complexity index is 1350. The predicted molar refractivity (Wildman–Crippen MR) is 135 cm³/mol. The van der Waals surface area contributed by atoms with Gasteiger partial charge in [-0.25, -0.2) is 24.1 Å². The summed E-state index contributed by atoms with van der Waals surface area (Å²) >= 11 is 3.38. The van der Waals surface area contributed by atoms with Crippen molar-refractivity contribution in [2.45, 2.75) is 17.6 Å². The first-order valence-electron chi connectivity index (χ1n) is 10.4. The number of benzene rings is 2. The third-order valence-electron chi connectivity index (χ3n) is 5.31. The van der Waals surface area contributed by atoms with E-state index in [0.717, 1.165) is 21.9 Å². The number of halogens is 2. The van der Waals surface area contributed by atoms with Crippen LogP contribution >= 0.6 is 34.4 Å². The molecular formula is C23H19FIN5O3S. The largest absolute Gasteiger partial charge is 0.497 e. The fourth-order valence-corrected chi connectivity index (χ4v) is 4.92. The van der Waals surface area contributed by atoms with Crippen molar-refractivity contribution in [3.8, 4) is 5.75 Å². The maximum absolute atomic E-state index is 14.0. The molecule has 0 aliphatic carbocycles. The van der Waals surface area contributed by atoms with Gasteiger partial charge in [-0.2, -0.15) is 0 Å². The lowest BCUT2D eigenvalue weighted by molar-refractivity contribution is 0.151. The Hall–Kier alpha value is -2.93. The lowest BCUT2D eigenvalue weighted by atomic mass is 10.1. The van der Waals surface area contributed by atoms with Crippen molar-refractivity contribution in [1.29, 1.82) is 0 Å². The van der Waals surface area contributed by atoms with E-state index in [9.17, 15) is 9.18 Å². The number of cyclic esters (lactones) is 1. The predicted octanol–water partition coefficient (Wildman–Crippen LogP) is 4.81. The van der Waals surface area contributed by atoms with Gasteiger partial charge in [0.1, 0.15) is 34.0 Å². The second kappa shape index (κ2) is 9.74. The molecule has 0 bridgehead atoms. The van der Waals surface area contributed by atoms with Crippen molar-refractivity contribution >= 4 is 57.3 Å². The number of hydrogen-bond acceptors (Lipinski definition) is 7. The highest BCUT2D eigenvalue weighted by Gasteiger charge is 2.33. The number of thioether (sulfide) groups is 1. The SMILES string of the molecule is COc1ccc(Cc2nc(SC[C@H]3CN(c4ccc(I)c(F)c4)C(=O)O3)c3[nH]cnc3n2)cc1. The van der Waals surface area contributed by atoms with Gasteiger partial charge in [-0.05, 0) is 58.5 Å². The number of H-pyrrole nitrogens is 1. The van der Waals surface area contributed by atoms with Gasteiger partial charge in [0, 0.05) is 15.7 Å². The van der Waals surface area contributed by atoms with Crippen LogP contribution in [0.25, 0.3) is 11.2 Å². The van der Waals surface area contributed by atoms with Crippen LogP contribution in [0.1, 0.15) is 11.4 Å². The summed E-state index contributed by atoms with van der Waals surface area (Å²) in [5.74, 6) is 1.56. The molecule has 34 heavy (non-hydrogen) atoms. The van der Waals surface area contributed by atoms with Crippen LogP contribution in [0.3, 0.4) is 0 Å². The standard InChI is InChI=1S/C23H19FIN5O3S/c1-32-15-5-2-13(3-6-15)8-19-28-21-20(26-12-27-21)22(29-19)34-11-16-10-30(23(31)33-16)14-4-7-18(25)17(24)9-14/h2-7,9,12,16H,8,10-11H2,1H3,(H,26,27,28,29)/t16-/m1/s1. The molecule has 1 aliphatic rings. The van der Waals surface area contributed by atoms with Gasteiger partial charge in [-0.1, -0.05) is 12.1 Å². The van der Waals surface area contributed by atoms with Crippen molar-refractivity contribution in [1.82, 2.24) is 19.9 Å². The summed E-state index contributed by atoms with van der Waals surface area (Å²) < 4.78 is 25.2. The minimum atomic E-state index is -0.485. The summed E-state index contributed by atoms with van der Waals surface area (Å²) in [6.45, 7) is 0.335. The number of rotatable bonds is 7. The van der Waals surface area contributed by atoms with Gasteiger partial charge in [-0.3, -0.25) is 4.90 Å². The number of anilines is 1. The zero-order valence-corrected chi connectivity index (χ0v) is 21.0. The van der Waals surface area contributed by atoms with Crippen molar-refractivity contribution in [2.75, 3.05) is 24.3 Å². The highest BCUT2D eigenvalue weighted by atomic mass is 127. The fourth-order valence-electron chi connectivity index (χ4n) is 3.60. The molecule has 1 saturated heterocycles. The van der Waals surface area contributed by atoms with Gasteiger partial charge in [-0.15, -0.1) is 11.8 Å². The summed E-state index contributed by atoms with van der Waals surface area (Å²) in [4.78, 5) is 30.5. The molecule has 1 aliphatic heterocycles. The molecule has 0 radical (unpaired) electrons. The number of methoxy groups -OCH3 is 1. The third-order valence-corrected chi connectivity index (χ3v) is 7.30. The van der Waals surface area contributed by atoms with Crippen LogP contribution in [0.4, 0.5) is 14.9 Å². The number of nitrogens with one attached hydrogen (secondary N) is 1. The van der Waals surface area contributed by atoms with Crippen LogP contribution in [-0.4, -0.2) is 51.5 Å². The van der Waals surface area contributed by atoms with Gasteiger partial charge in [0.2, 0.25) is 0 Å². The lowest BCUT2D eigenvalue weighted by Gasteiger charge is -2.13. The molecule has 0 unspecified atom stereocenters. The number of amides is 1. The molecule has 2 aromatic carbocycles. The maximum Gasteiger partial charge on any atom is 0.414 e. The highest BCUT2D eigenvalue weighted by Crippen LogP contribution is 2.29. The van der Waals surface area contributed by atoms with Crippen molar-refractivity contribution in [3.05, 3.63) is 69.6 Å². The van der Waals surface area contributed by atoms with Gasteiger partial charge >= 0.3 is 6.09 Å². The molecule has 1 atom stereocenters. The number of imidazole rings is 1. The average Bonchev–Trinajstić information content (AvgIpc) is 3.46. The van der Waals surface area contributed by atoms with Crippen LogP contribution in [0.5, 0.6) is 5.75 Å². The van der Waals surface area contributed by atoms with Crippen molar-refractivity contribution in [2.24, 2.45) is 0 Å². The molecule has 4 aromatic rings. The second-order valence-electron chi connectivity index (χ2n) is 7.60. The topological polar surface area (TPSA) is 93.2 Å². The quantitative estimate of drug-likeness (QED) is 0.187. The summed E-state index contributed by atoms with van der Waals surface area (Å²) in [5, 5.41) is 0.737. The van der Waals surface area contributed by atoms with Crippen LogP contribution in [-0.2, 0) is 11.2 Å². The van der Waals surface area contributed by atoms with E-state index in [1.54, 1.807) is 25.6 Å². The maximum atomic E-state index is 14.0. The molecule has 0 saturated carbocycles. The van der Waals surface area contributed by atoms with E-state index in [-0.39, 0.29) is 11.9 Å². The van der Waals surface area contributed by atoms with Gasteiger partial charge in [0.05, 0.1) is 25.7 Å². The van der Waals surface area contributed by atoms with Crippen LogP contribution < -0.4 is 9.64 Å². The van der Waals surface area contributed by atoms with E-state index in [4.69, 9.17) is 14.5 Å². The molecule has 11 heteroatoms.